The van der Waals surface area contributed by atoms with Crippen LogP contribution in [0.1, 0.15) is 43.1 Å². The predicted octanol–water partition coefficient (Wildman–Crippen LogP) is 1.77. The largest absolute Gasteiger partial charge is 0.450 e. The summed E-state index contributed by atoms with van der Waals surface area (Å²) in [6.07, 6.45) is 5.84. The molecule has 3 heterocycles. The van der Waals surface area contributed by atoms with Gasteiger partial charge in [-0.3, -0.25) is 4.79 Å². The lowest BCUT2D eigenvalue weighted by molar-refractivity contribution is 0.0755. The van der Waals surface area contributed by atoms with Crippen molar-refractivity contribution in [2.75, 3.05) is 50.8 Å². The molecule has 2 aliphatic rings. The Bertz CT molecular complexity index is 623. The summed E-state index contributed by atoms with van der Waals surface area (Å²) >= 11 is 0. The number of amides is 2. The van der Waals surface area contributed by atoms with Gasteiger partial charge in [0.15, 0.2) is 0 Å². The maximum Gasteiger partial charge on any atom is 0.409 e. The monoisotopic (exact) mass is 361 g/mol. The van der Waals surface area contributed by atoms with Gasteiger partial charge in [-0.2, -0.15) is 0 Å². The van der Waals surface area contributed by atoms with E-state index in [1.807, 2.05) is 9.80 Å². The number of likely N-dealkylation sites (tertiary alicyclic amines) is 1. The number of hydrogen-bond acceptors (Lipinski definition) is 6. The zero-order valence-corrected chi connectivity index (χ0v) is 15.4. The van der Waals surface area contributed by atoms with Gasteiger partial charge in [-0.1, -0.05) is 12.8 Å². The molecular formula is C18H27N5O3. The fourth-order valence-corrected chi connectivity index (χ4v) is 3.36. The Morgan fingerprint density at radius 2 is 1.69 bits per heavy atom. The molecule has 0 radical (unpaired) electrons. The highest BCUT2D eigenvalue weighted by Gasteiger charge is 2.25. The van der Waals surface area contributed by atoms with Crippen molar-refractivity contribution in [2.45, 2.75) is 32.6 Å². The minimum atomic E-state index is -0.279. The number of rotatable bonds is 3. The molecule has 1 aromatic rings. The van der Waals surface area contributed by atoms with Crippen molar-refractivity contribution in [1.29, 1.82) is 0 Å². The highest BCUT2D eigenvalue weighted by atomic mass is 16.6. The van der Waals surface area contributed by atoms with Gasteiger partial charge >= 0.3 is 6.09 Å². The third kappa shape index (κ3) is 4.42. The summed E-state index contributed by atoms with van der Waals surface area (Å²) in [5, 5.41) is 0. The molecule has 26 heavy (non-hydrogen) atoms. The topological polar surface area (TPSA) is 78.9 Å². The first kappa shape index (κ1) is 18.4. The lowest BCUT2D eigenvalue weighted by atomic mass is 10.2. The summed E-state index contributed by atoms with van der Waals surface area (Å²) in [6, 6.07) is 1.69. The van der Waals surface area contributed by atoms with Gasteiger partial charge in [0.2, 0.25) is 5.95 Å². The number of aromatic nitrogens is 2. The van der Waals surface area contributed by atoms with Gasteiger partial charge in [-0.05, 0) is 25.8 Å². The van der Waals surface area contributed by atoms with E-state index in [0.29, 0.717) is 44.4 Å². The molecule has 142 valence electrons. The summed E-state index contributed by atoms with van der Waals surface area (Å²) in [7, 11) is 0. The highest BCUT2D eigenvalue weighted by molar-refractivity contribution is 5.92. The van der Waals surface area contributed by atoms with E-state index in [2.05, 4.69) is 9.97 Å². The van der Waals surface area contributed by atoms with Crippen LogP contribution >= 0.6 is 0 Å². The summed E-state index contributed by atoms with van der Waals surface area (Å²) in [4.78, 5) is 39.0. The van der Waals surface area contributed by atoms with Crippen LogP contribution in [0.25, 0.3) is 0 Å². The lowest BCUT2D eigenvalue weighted by Gasteiger charge is -2.34. The summed E-state index contributed by atoms with van der Waals surface area (Å²) in [5.74, 6) is 0.537. The summed E-state index contributed by atoms with van der Waals surface area (Å²) in [6.45, 7) is 6.16. The van der Waals surface area contributed by atoms with Crippen molar-refractivity contribution in [3.8, 4) is 0 Å². The maximum absolute atomic E-state index is 12.7. The molecule has 8 heteroatoms. The molecule has 0 aromatic carbocycles. The van der Waals surface area contributed by atoms with Crippen molar-refractivity contribution in [3.05, 3.63) is 18.0 Å². The van der Waals surface area contributed by atoms with Gasteiger partial charge in [-0.25, -0.2) is 14.8 Å². The summed E-state index contributed by atoms with van der Waals surface area (Å²) in [5.41, 5.74) is 0.449. The smallest absolute Gasteiger partial charge is 0.409 e. The van der Waals surface area contributed by atoms with E-state index in [1.54, 1.807) is 24.1 Å². The molecule has 8 nitrogen and oxygen atoms in total. The Hall–Kier alpha value is -2.38. The van der Waals surface area contributed by atoms with Gasteiger partial charge in [-0.15, -0.1) is 0 Å². The van der Waals surface area contributed by atoms with E-state index in [4.69, 9.17) is 4.74 Å². The van der Waals surface area contributed by atoms with Crippen LogP contribution in [0.4, 0.5) is 10.7 Å². The molecule has 0 atom stereocenters. The number of piperazine rings is 1. The molecular weight excluding hydrogens is 334 g/mol. The van der Waals surface area contributed by atoms with Crippen molar-refractivity contribution >= 4 is 17.9 Å². The van der Waals surface area contributed by atoms with E-state index >= 15 is 0 Å². The summed E-state index contributed by atoms with van der Waals surface area (Å²) < 4.78 is 5.04. The van der Waals surface area contributed by atoms with Crippen molar-refractivity contribution in [1.82, 2.24) is 19.8 Å². The minimum absolute atomic E-state index is 0.0132. The second-order valence-electron chi connectivity index (χ2n) is 6.62. The fraction of sp³-hybridized carbons (Fsp3) is 0.667. The van der Waals surface area contributed by atoms with E-state index in [1.165, 1.54) is 12.8 Å². The SMILES string of the molecule is CCOC(=O)N1CCN(c2nccc(C(=O)N3CCCCCC3)n2)CC1. The first-order valence-electron chi connectivity index (χ1n) is 9.48. The van der Waals surface area contributed by atoms with Gasteiger partial charge in [0.25, 0.3) is 5.91 Å². The number of anilines is 1. The van der Waals surface area contributed by atoms with Gasteiger partial charge < -0.3 is 19.4 Å². The Balaban J connectivity index is 1.62. The third-order valence-corrected chi connectivity index (χ3v) is 4.84. The van der Waals surface area contributed by atoms with E-state index in [0.717, 1.165) is 25.9 Å². The van der Waals surface area contributed by atoms with Crippen LogP contribution in [0.15, 0.2) is 12.3 Å². The second kappa shape index (κ2) is 8.82. The molecule has 0 aliphatic carbocycles. The first-order valence-corrected chi connectivity index (χ1v) is 9.48. The average Bonchev–Trinajstić information content (AvgIpc) is 2.97. The normalized spacial score (nSPS) is 18.4. The molecule has 2 saturated heterocycles. The number of carbonyl (C=O) groups is 2. The van der Waals surface area contributed by atoms with Gasteiger partial charge in [0.05, 0.1) is 6.61 Å². The van der Waals surface area contributed by atoms with Crippen molar-refractivity contribution in [2.24, 2.45) is 0 Å². The highest BCUT2D eigenvalue weighted by Crippen LogP contribution is 2.15. The van der Waals surface area contributed by atoms with Crippen molar-refractivity contribution in [3.63, 3.8) is 0 Å². The van der Waals surface area contributed by atoms with E-state index in [-0.39, 0.29) is 12.0 Å². The van der Waals surface area contributed by atoms with Crippen molar-refractivity contribution < 1.29 is 14.3 Å². The Kier molecular flexibility index (Phi) is 6.25. The first-order chi connectivity index (χ1) is 12.7. The zero-order chi connectivity index (χ0) is 18.4. The Labute approximate surface area is 154 Å². The maximum atomic E-state index is 12.7. The van der Waals surface area contributed by atoms with E-state index < -0.39 is 0 Å². The standard InChI is InChI=1S/C18H27N5O3/c1-2-26-18(25)23-13-11-22(12-14-23)17-19-8-7-15(20-17)16(24)21-9-5-3-4-6-10-21/h7-8H,2-6,9-14H2,1H3. The molecule has 0 N–H and O–H groups in total. The molecule has 2 aliphatic heterocycles. The van der Waals surface area contributed by atoms with Crippen LogP contribution in [0, 0.1) is 0 Å². The molecule has 0 saturated carbocycles. The van der Waals surface area contributed by atoms with Crippen LogP contribution in [0.5, 0.6) is 0 Å². The molecule has 3 rings (SSSR count). The van der Waals surface area contributed by atoms with Crippen LogP contribution < -0.4 is 4.90 Å². The fourth-order valence-electron chi connectivity index (χ4n) is 3.36. The van der Waals surface area contributed by atoms with Gasteiger partial charge in [0.1, 0.15) is 5.69 Å². The molecule has 2 fully saturated rings. The van der Waals surface area contributed by atoms with Crippen LogP contribution in [0.3, 0.4) is 0 Å². The van der Waals surface area contributed by atoms with E-state index in [9.17, 15) is 9.59 Å². The predicted molar refractivity (Wildman–Crippen MR) is 97.2 cm³/mol. The van der Waals surface area contributed by atoms with Crippen LogP contribution in [0.2, 0.25) is 0 Å². The van der Waals surface area contributed by atoms with Crippen LogP contribution in [-0.4, -0.2) is 77.6 Å². The van der Waals surface area contributed by atoms with Crippen LogP contribution in [-0.2, 0) is 4.74 Å². The third-order valence-electron chi connectivity index (χ3n) is 4.84. The molecule has 2 amide bonds. The number of nitrogens with zero attached hydrogens (tertiary/aromatic N) is 5. The zero-order valence-electron chi connectivity index (χ0n) is 15.4. The number of ether oxygens (including phenoxy) is 1. The quantitative estimate of drug-likeness (QED) is 0.816. The molecule has 0 bridgehead atoms. The Morgan fingerprint density at radius 3 is 2.35 bits per heavy atom. The minimum Gasteiger partial charge on any atom is -0.450 e. The van der Waals surface area contributed by atoms with Gasteiger partial charge in [0, 0.05) is 45.5 Å². The Morgan fingerprint density at radius 1 is 1.00 bits per heavy atom. The molecule has 1 aromatic heterocycles. The molecule has 0 spiro atoms. The number of hydrogen-bond donors (Lipinski definition) is 0. The second-order valence-corrected chi connectivity index (χ2v) is 6.62. The molecule has 0 unspecified atom stereocenters. The lowest BCUT2D eigenvalue weighted by Crippen LogP contribution is -2.49. The number of carbonyl (C=O) groups excluding carboxylic acids is 2. The average molecular weight is 361 g/mol.